The van der Waals surface area contributed by atoms with E-state index < -0.39 is 11.7 Å². The Bertz CT molecular complexity index is 780. The predicted molar refractivity (Wildman–Crippen MR) is 79.3 cm³/mol. The van der Waals surface area contributed by atoms with E-state index in [0.717, 1.165) is 6.07 Å². The van der Waals surface area contributed by atoms with Gasteiger partial charge < -0.3 is 11.1 Å². The Kier molecular flexibility index (Phi) is 4.68. The molecule has 1 aromatic heterocycles. The molecule has 0 fully saturated rings. The average molecular weight is 299 g/mol. The summed E-state index contributed by atoms with van der Waals surface area (Å²) in [6.45, 7) is 0.246. The van der Waals surface area contributed by atoms with Crippen LogP contribution < -0.4 is 11.1 Å². The van der Waals surface area contributed by atoms with Crippen LogP contribution >= 0.6 is 11.3 Å². The van der Waals surface area contributed by atoms with Crippen molar-refractivity contribution in [3.05, 3.63) is 51.5 Å². The first kappa shape index (κ1) is 14.7. The molecule has 0 radical (unpaired) electrons. The number of carbonyl (C=O) groups is 1. The van der Waals surface area contributed by atoms with E-state index in [0.29, 0.717) is 10.4 Å². The van der Waals surface area contributed by atoms with Crippen molar-refractivity contribution in [2.75, 3.05) is 11.9 Å². The molecule has 0 saturated carbocycles. The highest BCUT2D eigenvalue weighted by molar-refractivity contribution is 7.10. The normalized spacial score (nSPS) is 9.38. The number of nitrogens with zero attached hydrogens (tertiary/aromatic N) is 1. The van der Waals surface area contributed by atoms with Gasteiger partial charge in [0.25, 0.3) is 5.91 Å². The van der Waals surface area contributed by atoms with Gasteiger partial charge in [-0.2, -0.15) is 5.26 Å². The Hall–Kier alpha value is -2.67. The number of carbonyl (C=O) groups excluding carboxylic acids is 1. The van der Waals surface area contributed by atoms with E-state index in [1.54, 1.807) is 11.4 Å². The van der Waals surface area contributed by atoms with Gasteiger partial charge in [-0.1, -0.05) is 11.8 Å². The standard InChI is InChI=1S/C15H10FN3OS/c16-13-6-10(8-18)3-4-14(13)19-15(20)11-7-12(21-9-11)2-1-5-17/h3-4,6-7,9H,5,17H2,(H,19,20). The first-order chi connectivity index (χ1) is 10.1. The molecule has 2 aromatic rings. The molecule has 0 aliphatic heterocycles. The van der Waals surface area contributed by atoms with Crippen LogP contribution in [-0.2, 0) is 0 Å². The molecule has 21 heavy (non-hydrogen) atoms. The molecule has 0 atom stereocenters. The lowest BCUT2D eigenvalue weighted by Crippen LogP contribution is -2.12. The van der Waals surface area contributed by atoms with Crippen molar-refractivity contribution in [3.63, 3.8) is 0 Å². The van der Waals surface area contributed by atoms with Crippen LogP contribution in [0.4, 0.5) is 10.1 Å². The lowest BCUT2D eigenvalue weighted by Gasteiger charge is -2.05. The zero-order valence-corrected chi connectivity index (χ0v) is 11.6. The molecular weight excluding hydrogens is 289 g/mol. The van der Waals surface area contributed by atoms with Crippen LogP contribution in [0.2, 0.25) is 0 Å². The van der Waals surface area contributed by atoms with E-state index in [4.69, 9.17) is 11.0 Å². The molecule has 1 heterocycles. The lowest BCUT2D eigenvalue weighted by atomic mass is 10.2. The minimum absolute atomic E-state index is 0.0276. The number of halogens is 1. The smallest absolute Gasteiger partial charge is 0.256 e. The maximum absolute atomic E-state index is 13.7. The topological polar surface area (TPSA) is 78.9 Å². The molecule has 0 saturated heterocycles. The molecule has 4 nitrogen and oxygen atoms in total. The van der Waals surface area contributed by atoms with Crippen LogP contribution in [0, 0.1) is 29.0 Å². The maximum atomic E-state index is 13.7. The van der Waals surface area contributed by atoms with Gasteiger partial charge in [0.05, 0.1) is 34.3 Å². The summed E-state index contributed by atoms with van der Waals surface area (Å²) in [6.07, 6.45) is 0. The summed E-state index contributed by atoms with van der Waals surface area (Å²) < 4.78 is 13.7. The largest absolute Gasteiger partial charge is 0.320 e. The molecule has 3 N–H and O–H groups in total. The van der Waals surface area contributed by atoms with Gasteiger partial charge in [0.15, 0.2) is 0 Å². The number of anilines is 1. The second-order valence-corrected chi connectivity index (χ2v) is 4.88. The van der Waals surface area contributed by atoms with Crippen molar-refractivity contribution in [2.24, 2.45) is 5.73 Å². The molecule has 2 rings (SSSR count). The third-order valence-corrected chi connectivity index (χ3v) is 3.37. The van der Waals surface area contributed by atoms with Gasteiger partial charge in [0, 0.05) is 5.38 Å². The van der Waals surface area contributed by atoms with Gasteiger partial charge in [0.2, 0.25) is 0 Å². The molecule has 104 valence electrons. The molecule has 0 bridgehead atoms. The third-order valence-electron chi connectivity index (χ3n) is 2.52. The minimum atomic E-state index is -0.652. The van der Waals surface area contributed by atoms with Crippen molar-refractivity contribution >= 4 is 22.9 Å². The first-order valence-corrected chi connectivity index (χ1v) is 6.80. The predicted octanol–water partition coefficient (Wildman–Crippen LogP) is 2.32. The van der Waals surface area contributed by atoms with Gasteiger partial charge in [-0.05, 0) is 24.3 Å². The number of benzene rings is 1. The number of rotatable bonds is 2. The van der Waals surface area contributed by atoms with Crippen LogP contribution in [0.3, 0.4) is 0 Å². The van der Waals surface area contributed by atoms with Gasteiger partial charge >= 0.3 is 0 Å². The van der Waals surface area contributed by atoms with Gasteiger partial charge in [0.1, 0.15) is 5.82 Å². The van der Waals surface area contributed by atoms with E-state index in [1.165, 1.54) is 23.5 Å². The number of nitrogens with two attached hydrogens (primary N) is 1. The molecule has 0 spiro atoms. The maximum Gasteiger partial charge on any atom is 0.256 e. The summed E-state index contributed by atoms with van der Waals surface area (Å²) in [6, 6.07) is 7.30. The zero-order chi connectivity index (χ0) is 15.2. The highest BCUT2D eigenvalue weighted by Crippen LogP contribution is 2.19. The summed E-state index contributed by atoms with van der Waals surface area (Å²) in [7, 11) is 0. The van der Waals surface area contributed by atoms with E-state index in [1.807, 2.05) is 6.07 Å². The van der Waals surface area contributed by atoms with Crippen molar-refractivity contribution in [1.82, 2.24) is 0 Å². The fourth-order valence-corrected chi connectivity index (χ4v) is 2.29. The summed E-state index contributed by atoms with van der Waals surface area (Å²) in [5.41, 5.74) is 5.89. The van der Waals surface area contributed by atoms with E-state index in [-0.39, 0.29) is 17.8 Å². The van der Waals surface area contributed by atoms with Gasteiger partial charge in [-0.3, -0.25) is 4.79 Å². The number of hydrogen-bond acceptors (Lipinski definition) is 4. The SMILES string of the molecule is N#Cc1ccc(NC(=O)c2csc(C#CCN)c2)c(F)c1. The Morgan fingerprint density at radius 1 is 1.43 bits per heavy atom. The Morgan fingerprint density at radius 2 is 2.24 bits per heavy atom. The molecule has 0 aliphatic rings. The van der Waals surface area contributed by atoms with Gasteiger partial charge in [-0.25, -0.2) is 4.39 Å². The summed E-state index contributed by atoms with van der Waals surface area (Å²) in [4.78, 5) is 12.7. The second kappa shape index (κ2) is 6.67. The minimum Gasteiger partial charge on any atom is -0.320 e. The first-order valence-electron chi connectivity index (χ1n) is 5.92. The number of amides is 1. The molecule has 0 aliphatic carbocycles. The van der Waals surface area contributed by atoms with Gasteiger partial charge in [-0.15, -0.1) is 11.3 Å². The molecule has 1 aromatic carbocycles. The number of hydrogen-bond donors (Lipinski definition) is 2. The van der Waals surface area contributed by atoms with E-state index in [2.05, 4.69) is 17.2 Å². The van der Waals surface area contributed by atoms with Crippen LogP contribution in [-0.4, -0.2) is 12.5 Å². The average Bonchev–Trinajstić information content (AvgIpc) is 2.96. The number of nitrogens with one attached hydrogen (secondary N) is 1. The van der Waals surface area contributed by atoms with Crippen molar-refractivity contribution in [2.45, 2.75) is 0 Å². The van der Waals surface area contributed by atoms with Crippen LogP contribution in [0.15, 0.2) is 29.6 Å². The van der Waals surface area contributed by atoms with Crippen LogP contribution in [0.5, 0.6) is 0 Å². The van der Waals surface area contributed by atoms with Crippen LogP contribution in [0.25, 0.3) is 0 Å². The Labute approximate surface area is 125 Å². The second-order valence-electron chi connectivity index (χ2n) is 3.97. The molecule has 6 heteroatoms. The number of thiophene rings is 1. The zero-order valence-electron chi connectivity index (χ0n) is 10.8. The summed E-state index contributed by atoms with van der Waals surface area (Å²) in [5.74, 6) is 4.43. The van der Waals surface area contributed by atoms with Crippen molar-refractivity contribution in [3.8, 4) is 17.9 Å². The van der Waals surface area contributed by atoms with E-state index >= 15 is 0 Å². The molecule has 1 amide bonds. The molecule has 0 unspecified atom stereocenters. The fourth-order valence-electron chi connectivity index (χ4n) is 1.54. The highest BCUT2D eigenvalue weighted by atomic mass is 32.1. The quantitative estimate of drug-likeness (QED) is 0.835. The monoisotopic (exact) mass is 299 g/mol. The third kappa shape index (κ3) is 3.67. The molecular formula is C15H10FN3OS. The Morgan fingerprint density at radius 3 is 2.90 bits per heavy atom. The van der Waals surface area contributed by atoms with Crippen LogP contribution in [0.1, 0.15) is 20.8 Å². The fraction of sp³-hybridized carbons (Fsp3) is 0.0667. The number of nitriles is 1. The van der Waals surface area contributed by atoms with E-state index in [9.17, 15) is 9.18 Å². The highest BCUT2D eigenvalue weighted by Gasteiger charge is 2.11. The lowest BCUT2D eigenvalue weighted by molar-refractivity contribution is 0.102. The summed E-state index contributed by atoms with van der Waals surface area (Å²) >= 11 is 1.31. The van der Waals surface area contributed by atoms with Crippen molar-refractivity contribution in [1.29, 1.82) is 5.26 Å². The summed E-state index contributed by atoms with van der Waals surface area (Å²) in [5, 5.41) is 12.8. The Balaban J connectivity index is 2.15. The van der Waals surface area contributed by atoms with Crippen molar-refractivity contribution < 1.29 is 9.18 Å².